The molecule has 0 radical (unpaired) electrons. The van der Waals surface area contributed by atoms with Crippen LogP contribution in [0, 0.1) is 6.92 Å². The first-order valence-electron chi connectivity index (χ1n) is 4.51. The standard InChI is InChI=1S/C9H9ClN4O2/c1-5-6(4-13(2)12-5)14-8(15)3-7(10)11-9(14)16/h3-4H,1-2H3,(H,11,16). The van der Waals surface area contributed by atoms with Crippen molar-refractivity contribution in [1.82, 2.24) is 19.3 Å². The van der Waals surface area contributed by atoms with Gasteiger partial charge in [-0.3, -0.25) is 14.5 Å². The van der Waals surface area contributed by atoms with Crippen LogP contribution in [0.3, 0.4) is 0 Å². The number of aromatic amines is 1. The molecule has 6 nitrogen and oxygen atoms in total. The highest BCUT2D eigenvalue weighted by Crippen LogP contribution is 2.07. The van der Waals surface area contributed by atoms with E-state index in [0.29, 0.717) is 11.4 Å². The van der Waals surface area contributed by atoms with Crippen LogP contribution >= 0.6 is 11.6 Å². The summed E-state index contributed by atoms with van der Waals surface area (Å²) in [7, 11) is 1.71. The molecule has 2 heterocycles. The fourth-order valence-electron chi connectivity index (χ4n) is 1.50. The molecule has 2 aromatic heterocycles. The SMILES string of the molecule is Cc1nn(C)cc1-n1c(=O)cc(Cl)[nH]c1=O. The lowest BCUT2D eigenvalue weighted by Gasteiger charge is -2.01. The second-order valence-electron chi connectivity index (χ2n) is 3.37. The van der Waals surface area contributed by atoms with Crippen LogP contribution in [-0.2, 0) is 7.05 Å². The van der Waals surface area contributed by atoms with E-state index in [9.17, 15) is 9.59 Å². The van der Waals surface area contributed by atoms with Crippen LogP contribution in [0.15, 0.2) is 21.9 Å². The third-order valence-electron chi connectivity index (χ3n) is 2.13. The molecule has 0 aliphatic carbocycles. The van der Waals surface area contributed by atoms with Crippen molar-refractivity contribution in [2.45, 2.75) is 6.92 Å². The van der Waals surface area contributed by atoms with Crippen molar-refractivity contribution in [2.24, 2.45) is 7.05 Å². The molecule has 0 saturated heterocycles. The van der Waals surface area contributed by atoms with Crippen LogP contribution in [-0.4, -0.2) is 19.3 Å². The monoisotopic (exact) mass is 240 g/mol. The quantitative estimate of drug-likeness (QED) is 0.725. The zero-order valence-corrected chi connectivity index (χ0v) is 9.45. The molecule has 0 fully saturated rings. The molecule has 0 aromatic carbocycles. The van der Waals surface area contributed by atoms with Gasteiger partial charge in [-0.2, -0.15) is 5.10 Å². The Labute approximate surface area is 95.1 Å². The molecule has 0 aliphatic heterocycles. The molecule has 2 aromatic rings. The third-order valence-corrected chi connectivity index (χ3v) is 2.33. The smallest absolute Gasteiger partial charge is 0.297 e. The van der Waals surface area contributed by atoms with Crippen LogP contribution in [0.4, 0.5) is 0 Å². The van der Waals surface area contributed by atoms with E-state index in [4.69, 9.17) is 11.6 Å². The first-order chi connectivity index (χ1) is 7.49. The average Bonchev–Trinajstić information content (AvgIpc) is 2.43. The molecule has 84 valence electrons. The van der Waals surface area contributed by atoms with E-state index >= 15 is 0 Å². The maximum atomic E-state index is 11.6. The summed E-state index contributed by atoms with van der Waals surface area (Å²) >= 11 is 5.56. The largest absolute Gasteiger partial charge is 0.334 e. The summed E-state index contributed by atoms with van der Waals surface area (Å²) in [6.07, 6.45) is 1.60. The minimum atomic E-state index is -0.575. The lowest BCUT2D eigenvalue weighted by atomic mass is 10.4. The van der Waals surface area contributed by atoms with Gasteiger partial charge in [-0.1, -0.05) is 11.6 Å². The number of halogens is 1. The zero-order valence-electron chi connectivity index (χ0n) is 8.69. The van der Waals surface area contributed by atoms with E-state index in [1.165, 1.54) is 4.68 Å². The number of nitrogens with zero attached hydrogens (tertiary/aromatic N) is 3. The molecule has 0 amide bonds. The van der Waals surface area contributed by atoms with Crippen molar-refractivity contribution in [3.8, 4) is 5.69 Å². The first-order valence-corrected chi connectivity index (χ1v) is 4.89. The highest BCUT2D eigenvalue weighted by atomic mass is 35.5. The fourth-order valence-corrected chi connectivity index (χ4v) is 1.68. The molecule has 7 heteroatoms. The maximum absolute atomic E-state index is 11.6. The van der Waals surface area contributed by atoms with Crippen LogP contribution in [0.2, 0.25) is 5.15 Å². The molecule has 16 heavy (non-hydrogen) atoms. The molecular formula is C9H9ClN4O2. The van der Waals surface area contributed by atoms with Gasteiger partial charge in [0.25, 0.3) is 5.56 Å². The van der Waals surface area contributed by atoms with Crippen molar-refractivity contribution in [1.29, 1.82) is 0 Å². The molecule has 2 rings (SSSR count). The predicted octanol–water partition coefficient (Wildman–Crippen LogP) is 0.221. The topological polar surface area (TPSA) is 72.7 Å². The normalized spacial score (nSPS) is 10.7. The number of hydrogen-bond donors (Lipinski definition) is 1. The van der Waals surface area contributed by atoms with Gasteiger partial charge >= 0.3 is 5.69 Å². The Bertz CT molecular complexity index is 621. The van der Waals surface area contributed by atoms with Gasteiger partial charge in [0.1, 0.15) is 5.15 Å². The summed E-state index contributed by atoms with van der Waals surface area (Å²) in [5.41, 5.74) is -0.0127. The van der Waals surface area contributed by atoms with Gasteiger partial charge < -0.3 is 0 Å². The van der Waals surface area contributed by atoms with E-state index in [0.717, 1.165) is 10.6 Å². The maximum Gasteiger partial charge on any atom is 0.334 e. The number of H-pyrrole nitrogens is 1. The lowest BCUT2D eigenvalue weighted by molar-refractivity contribution is 0.756. The van der Waals surface area contributed by atoms with Gasteiger partial charge in [0, 0.05) is 19.3 Å². The second kappa shape index (κ2) is 3.64. The Morgan fingerprint density at radius 1 is 1.44 bits per heavy atom. The summed E-state index contributed by atoms with van der Waals surface area (Å²) in [5.74, 6) is 0. The Hall–Kier alpha value is -1.82. The number of aryl methyl sites for hydroxylation is 2. The average molecular weight is 241 g/mol. The van der Waals surface area contributed by atoms with Crippen LogP contribution < -0.4 is 11.2 Å². The van der Waals surface area contributed by atoms with Gasteiger partial charge in [-0.05, 0) is 6.92 Å². The van der Waals surface area contributed by atoms with Gasteiger partial charge in [-0.15, -0.1) is 0 Å². The van der Waals surface area contributed by atoms with Crippen molar-refractivity contribution < 1.29 is 0 Å². The molecule has 0 unspecified atom stereocenters. The summed E-state index contributed by atoms with van der Waals surface area (Å²) in [6.45, 7) is 1.72. The molecule has 1 N–H and O–H groups in total. The summed E-state index contributed by atoms with van der Waals surface area (Å²) in [4.78, 5) is 25.6. The van der Waals surface area contributed by atoms with Crippen LogP contribution in [0.25, 0.3) is 5.69 Å². The predicted molar refractivity (Wildman–Crippen MR) is 59.2 cm³/mol. The van der Waals surface area contributed by atoms with Gasteiger partial charge in [0.15, 0.2) is 0 Å². The van der Waals surface area contributed by atoms with Gasteiger partial charge in [0.05, 0.1) is 11.4 Å². The number of aromatic nitrogens is 4. The minimum absolute atomic E-state index is 0.0211. The van der Waals surface area contributed by atoms with Crippen molar-refractivity contribution in [2.75, 3.05) is 0 Å². The summed E-state index contributed by atoms with van der Waals surface area (Å²) in [5, 5.41) is 4.08. The zero-order chi connectivity index (χ0) is 11.9. The van der Waals surface area contributed by atoms with Crippen molar-refractivity contribution >= 4 is 11.6 Å². The van der Waals surface area contributed by atoms with Gasteiger partial charge in [0.2, 0.25) is 0 Å². The van der Waals surface area contributed by atoms with Crippen molar-refractivity contribution in [3.05, 3.63) is 43.9 Å². The molecule has 0 aliphatic rings. The summed E-state index contributed by atoms with van der Waals surface area (Å²) in [6, 6.07) is 1.15. The Morgan fingerprint density at radius 2 is 2.12 bits per heavy atom. The first kappa shape index (κ1) is 10.7. The number of hydrogen-bond acceptors (Lipinski definition) is 3. The van der Waals surface area contributed by atoms with Crippen LogP contribution in [0.1, 0.15) is 5.69 Å². The van der Waals surface area contributed by atoms with Gasteiger partial charge in [-0.25, -0.2) is 9.36 Å². The second-order valence-corrected chi connectivity index (χ2v) is 3.78. The molecule has 0 saturated carbocycles. The Balaban J connectivity index is 2.79. The molecule has 0 atom stereocenters. The number of nitrogens with one attached hydrogen (secondary N) is 1. The molecule has 0 bridgehead atoms. The summed E-state index contributed by atoms with van der Waals surface area (Å²) < 4.78 is 2.53. The highest BCUT2D eigenvalue weighted by Gasteiger charge is 2.11. The third kappa shape index (κ3) is 1.67. The lowest BCUT2D eigenvalue weighted by Crippen LogP contribution is -2.33. The Kier molecular flexibility index (Phi) is 2.43. The molecule has 0 spiro atoms. The van der Waals surface area contributed by atoms with E-state index in [2.05, 4.69) is 10.1 Å². The van der Waals surface area contributed by atoms with E-state index in [-0.39, 0.29) is 5.15 Å². The van der Waals surface area contributed by atoms with Crippen molar-refractivity contribution in [3.63, 3.8) is 0 Å². The van der Waals surface area contributed by atoms with E-state index in [1.807, 2.05) is 0 Å². The van der Waals surface area contributed by atoms with Crippen LogP contribution in [0.5, 0.6) is 0 Å². The number of rotatable bonds is 1. The van der Waals surface area contributed by atoms with E-state index in [1.54, 1.807) is 20.2 Å². The fraction of sp³-hybridized carbons (Fsp3) is 0.222. The molecular weight excluding hydrogens is 232 g/mol. The minimum Gasteiger partial charge on any atom is -0.297 e. The highest BCUT2D eigenvalue weighted by molar-refractivity contribution is 6.29. The van der Waals surface area contributed by atoms with E-state index < -0.39 is 11.2 Å². The Morgan fingerprint density at radius 3 is 2.62 bits per heavy atom.